The first-order chi connectivity index (χ1) is 12.2. The zero-order valence-corrected chi connectivity index (χ0v) is 15.9. The highest BCUT2D eigenvalue weighted by Crippen LogP contribution is 2.24. The molecule has 0 heterocycles. The van der Waals surface area contributed by atoms with Crippen molar-refractivity contribution in [3.63, 3.8) is 0 Å². The summed E-state index contributed by atoms with van der Waals surface area (Å²) in [4.78, 5) is 6.36. The highest BCUT2D eigenvalue weighted by molar-refractivity contribution is 8.14. The molecule has 0 fully saturated rings. The van der Waals surface area contributed by atoms with Gasteiger partial charge in [0.1, 0.15) is 17.4 Å². The van der Waals surface area contributed by atoms with Crippen molar-refractivity contribution in [1.82, 2.24) is 0 Å². The third-order valence-electron chi connectivity index (χ3n) is 3.51. The molecule has 2 aromatic carbocycles. The lowest BCUT2D eigenvalue weighted by Crippen LogP contribution is -1.99. The molecular weight excluding hydrogens is 332 g/mol. The molecular formula is C20H26N2O2S. The molecule has 0 amide bonds. The molecule has 0 aromatic heterocycles. The van der Waals surface area contributed by atoms with Gasteiger partial charge in [0.15, 0.2) is 0 Å². The van der Waals surface area contributed by atoms with Crippen molar-refractivity contribution in [3.05, 3.63) is 54.1 Å². The molecule has 25 heavy (non-hydrogen) atoms. The van der Waals surface area contributed by atoms with E-state index in [-0.39, 0.29) is 0 Å². The lowest BCUT2D eigenvalue weighted by Gasteiger charge is -2.09. The van der Waals surface area contributed by atoms with Crippen molar-refractivity contribution < 1.29 is 9.57 Å². The Kier molecular flexibility index (Phi) is 8.19. The summed E-state index contributed by atoms with van der Waals surface area (Å²) in [5, 5.41) is 8.64. The molecule has 0 radical (unpaired) electrons. The van der Waals surface area contributed by atoms with Crippen molar-refractivity contribution in [3.8, 4) is 5.75 Å². The van der Waals surface area contributed by atoms with Crippen molar-refractivity contribution >= 4 is 22.5 Å². The van der Waals surface area contributed by atoms with E-state index in [9.17, 15) is 0 Å². The fourth-order valence-corrected chi connectivity index (χ4v) is 3.13. The largest absolute Gasteiger partial charge is 0.497 e. The molecule has 0 bridgehead atoms. The Balaban J connectivity index is 1.89. The summed E-state index contributed by atoms with van der Waals surface area (Å²) in [7, 11) is 1.68. The average molecular weight is 359 g/mol. The Morgan fingerprint density at radius 2 is 1.76 bits per heavy atom. The smallest absolute Gasteiger partial charge is 0.118 e. The van der Waals surface area contributed by atoms with Crippen molar-refractivity contribution in [1.29, 1.82) is 0 Å². The predicted molar refractivity (Wildman–Crippen MR) is 107 cm³/mol. The summed E-state index contributed by atoms with van der Waals surface area (Å²) in [6.45, 7) is 5.47. The minimum atomic E-state index is 0.599. The van der Waals surface area contributed by atoms with Gasteiger partial charge in [0.2, 0.25) is 0 Å². The SMILES string of the molecule is CCC/C(=N\OCC)Sc1ccc(NCc2ccc(OC)cc2)cc1. The number of oxime groups is 1. The van der Waals surface area contributed by atoms with Gasteiger partial charge in [0, 0.05) is 17.1 Å². The minimum absolute atomic E-state index is 0.599. The highest BCUT2D eigenvalue weighted by Gasteiger charge is 2.04. The highest BCUT2D eigenvalue weighted by atomic mass is 32.2. The van der Waals surface area contributed by atoms with Crippen LogP contribution in [0, 0.1) is 0 Å². The van der Waals surface area contributed by atoms with E-state index in [1.54, 1.807) is 18.9 Å². The van der Waals surface area contributed by atoms with E-state index in [2.05, 4.69) is 53.8 Å². The van der Waals surface area contributed by atoms with E-state index >= 15 is 0 Å². The third kappa shape index (κ3) is 6.70. The lowest BCUT2D eigenvalue weighted by atomic mass is 10.2. The van der Waals surface area contributed by atoms with Crippen LogP contribution >= 0.6 is 11.8 Å². The molecule has 0 saturated carbocycles. The molecule has 0 aliphatic heterocycles. The van der Waals surface area contributed by atoms with Crippen LogP contribution in [0.25, 0.3) is 0 Å². The van der Waals surface area contributed by atoms with Gasteiger partial charge in [0.05, 0.1) is 7.11 Å². The number of benzene rings is 2. The molecule has 0 spiro atoms. The molecule has 0 unspecified atom stereocenters. The summed E-state index contributed by atoms with van der Waals surface area (Å²) in [6, 6.07) is 16.5. The fourth-order valence-electron chi connectivity index (χ4n) is 2.19. The first-order valence-electron chi connectivity index (χ1n) is 8.58. The maximum Gasteiger partial charge on any atom is 0.118 e. The monoisotopic (exact) mass is 358 g/mol. The number of methoxy groups -OCH3 is 1. The van der Waals surface area contributed by atoms with E-state index in [0.717, 1.165) is 35.9 Å². The average Bonchev–Trinajstić information content (AvgIpc) is 2.66. The molecule has 4 nitrogen and oxygen atoms in total. The Bertz CT molecular complexity index is 654. The molecule has 134 valence electrons. The van der Waals surface area contributed by atoms with Crippen LogP contribution in [-0.2, 0) is 11.4 Å². The summed E-state index contributed by atoms with van der Waals surface area (Å²) in [5.41, 5.74) is 2.31. The number of hydrogen-bond donors (Lipinski definition) is 1. The van der Waals surface area contributed by atoms with Crippen LogP contribution in [-0.4, -0.2) is 18.8 Å². The van der Waals surface area contributed by atoms with E-state index < -0.39 is 0 Å². The quantitative estimate of drug-likeness (QED) is 0.276. The van der Waals surface area contributed by atoms with Crippen molar-refractivity contribution in [2.75, 3.05) is 19.0 Å². The molecule has 2 rings (SSSR count). The van der Waals surface area contributed by atoms with Gasteiger partial charge in [-0.15, -0.1) is 0 Å². The number of nitrogens with one attached hydrogen (secondary N) is 1. The van der Waals surface area contributed by atoms with Crippen molar-refractivity contribution in [2.45, 2.75) is 38.1 Å². The summed E-state index contributed by atoms with van der Waals surface area (Å²) >= 11 is 1.66. The zero-order chi connectivity index (χ0) is 17.9. The molecule has 0 saturated heterocycles. The van der Waals surface area contributed by atoms with E-state index in [1.165, 1.54) is 10.5 Å². The van der Waals surface area contributed by atoms with Gasteiger partial charge in [-0.05, 0) is 61.7 Å². The number of ether oxygens (including phenoxy) is 1. The van der Waals surface area contributed by atoms with Crippen LogP contribution in [0.3, 0.4) is 0 Å². The van der Waals surface area contributed by atoms with Crippen LogP contribution in [0.1, 0.15) is 32.3 Å². The molecule has 0 aliphatic carbocycles. The van der Waals surface area contributed by atoms with Gasteiger partial charge >= 0.3 is 0 Å². The van der Waals surface area contributed by atoms with Gasteiger partial charge in [0.25, 0.3) is 0 Å². The molecule has 0 atom stereocenters. The number of anilines is 1. The number of thioether (sulfide) groups is 1. The fraction of sp³-hybridized carbons (Fsp3) is 0.350. The summed E-state index contributed by atoms with van der Waals surface area (Å²) < 4.78 is 5.18. The van der Waals surface area contributed by atoms with Crippen LogP contribution < -0.4 is 10.1 Å². The standard InChI is InChI=1S/C20H26N2O2S/c1-4-6-20(22-24-5-2)25-19-13-9-17(10-14-19)21-15-16-7-11-18(23-3)12-8-16/h7-14,21H,4-6,15H2,1-3H3/b22-20+. The van der Waals surface area contributed by atoms with Crippen molar-refractivity contribution in [2.24, 2.45) is 5.16 Å². The zero-order valence-electron chi connectivity index (χ0n) is 15.1. The maximum absolute atomic E-state index is 5.19. The third-order valence-corrected chi connectivity index (χ3v) is 4.53. The van der Waals surface area contributed by atoms with Crippen LogP contribution in [0.5, 0.6) is 5.75 Å². The van der Waals surface area contributed by atoms with Crippen LogP contribution in [0.4, 0.5) is 5.69 Å². The number of nitrogens with zero attached hydrogens (tertiary/aromatic N) is 1. The minimum Gasteiger partial charge on any atom is -0.497 e. The summed E-state index contributed by atoms with van der Waals surface area (Å²) in [5.74, 6) is 0.877. The second-order valence-electron chi connectivity index (χ2n) is 5.48. The maximum atomic E-state index is 5.19. The Labute approximate surface area is 154 Å². The topological polar surface area (TPSA) is 42.8 Å². The van der Waals surface area contributed by atoms with Crippen LogP contribution in [0.15, 0.2) is 58.6 Å². The molecule has 2 aromatic rings. The van der Waals surface area contributed by atoms with Crippen LogP contribution in [0.2, 0.25) is 0 Å². The number of hydrogen-bond acceptors (Lipinski definition) is 5. The Morgan fingerprint density at radius 1 is 1.04 bits per heavy atom. The second-order valence-corrected chi connectivity index (χ2v) is 6.63. The predicted octanol–water partition coefficient (Wildman–Crippen LogP) is 5.55. The van der Waals surface area contributed by atoms with Gasteiger partial charge in [-0.25, -0.2) is 0 Å². The molecule has 5 heteroatoms. The van der Waals surface area contributed by atoms with Gasteiger partial charge in [-0.3, -0.25) is 0 Å². The number of rotatable bonds is 9. The van der Waals surface area contributed by atoms with Gasteiger partial charge < -0.3 is 14.9 Å². The Morgan fingerprint density at radius 3 is 2.36 bits per heavy atom. The van der Waals surface area contributed by atoms with E-state index in [4.69, 9.17) is 9.57 Å². The normalized spacial score (nSPS) is 11.2. The van der Waals surface area contributed by atoms with Gasteiger partial charge in [-0.1, -0.05) is 36.0 Å². The second kappa shape index (κ2) is 10.7. The van der Waals surface area contributed by atoms with E-state index in [0.29, 0.717) is 6.61 Å². The lowest BCUT2D eigenvalue weighted by molar-refractivity contribution is 0.159. The van der Waals surface area contributed by atoms with E-state index in [1.807, 2.05) is 19.1 Å². The first-order valence-corrected chi connectivity index (χ1v) is 9.40. The molecule has 0 aliphatic rings. The summed E-state index contributed by atoms with van der Waals surface area (Å²) in [6.07, 6.45) is 1.99. The first kappa shape index (κ1) is 19.2. The van der Waals surface area contributed by atoms with Gasteiger partial charge in [-0.2, -0.15) is 0 Å². The molecule has 1 N–H and O–H groups in total. The Hall–Kier alpha value is -2.14.